The zero-order chi connectivity index (χ0) is 15.6. The van der Waals surface area contributed by atoms with Crippen LogP contribution in [0.3, 0.4) is 0 Å². The molecule has 0 unspecified atom stereocenters. The summed E-state index contributed by atoms with van der Waals surface area (Å²) >= 11 is 0. The lowest BCUT2D eigenvalue weighted by Crippen LogP contribution is -2.16. The summed E-state index contributed by atoms with van der Waals surface area (Å²) in [6.45, 7) is 3.44. The standard InChI is InChI=1S/C15H18N2O3S/c1-10-7-8-14(16)11(2)15(10)21(18,19)17-12-5-4-6-13(9-12)20-3/h4-9,17H,16H2,1-3H3. The van der Waals surface area contributed by atoms with E-state index in [1.165, 1.54) is 7.11 Å². The normalized spacial score (nSPS) is 11.2. The van der Waals surface area contributed by atoms with Gasteiger partial charge in [0.1, 0.15) is 5.75 Å². The molecule has 3 N–H and O–H groups in total. The predicted octanol–water partition coefficient (Wildman–Crippen LogP) is 2.70. The van der Waals surface area contributed by atoms with Crippen LogP contribution in [0.5, 0.6) is 5.75 Å². The summed E-state index contributed by atoms with van der Waals surface area (Å²) in [5, 5.41) is 0. The second kappa shape index (κ2) is 5.65. The number of anilines is 2. The Kier molecular flexibility index (Phi) is 4.09. The van der Waals surface area contributed by atoms with Crippen LogP contribution in [-0.4, -0.2) is 15.5 Å². The van der Waals surface area contributed by atoms with Crippen molar-refractivity contribution in [2.45, 2.75) is 18.7 Å². The van der Waals surface area contributed by atoms with Gasteiger partial charge in [-0.05, 0) is 43.2 Å². The first-order valence-corrected chi connectivity index (χ1v) is 7.86. The van der Waals surface area contributed by atoms with Crippen molar-refractivity contribution in [3.05, 3.63) is 47.5 Å². The molecule has 5 nitrogen and oxygen atoms in total. The van der Waals surface area contributed by atoms with E-state index in [4.69, 9.17) is 10.5 Å². The summed E-state index contributed by atoms with van der Waals surface area (Å²) in [7, 11) is -2.18. The van der Waals surface area contributed by atoms with Gasteiger partial charge in [0, 0.05) is 11.8 Å². The average Bonchev–Trinajstić information content (AvgIpc) is 2.42. The maximum atomic E-state index is 12.6. The van der Waals surface area contributed by atoms with E-state index in [0.717, 1.165) is 0 Å². The van der Waals surface area contributed by atoms with Crippen molar-refractivity contribution in [2.24, 2.45) is 0 Å². The fourth-order valence-corrected chi connectivity index (χ4v) is 3.70. The number of methoxy groups -OCH3 is 1. The molecule has 112 valence electrons. The zero-order valence-corrected chi connectivity index (χ0v) is 13.0. The lowest BCUT2D eigenvalue weighted by Gasteiger charge is -2.14. The van der Waals surface area contributed by atoms with Crippen LogP contribution in [0.1, 0.15) is 11.1 Å². The van der Waals surface area contributed by atoms with Gasteiger partial charge in [-0.1, -0.05) is 12.1 Å². The van der Waals surface area contributed by atoms with E-state index in [1.54, 1.807) is 50.2 Å². The van der Waals surface area contributed by atoms with E-state index in [9.17, 15) is 8.42 Å². The van der Waals surface area contributed by atoms with Crippen LogP contribution in [0.15, 0.2) is 41.3 Å². The highest BCUT2D eigenvalue weighted by molar-refractivity contribution is 7.92. The molecule has 0 heterocycles. The van der Waals surface area contributed by atoms with Crippen molar-refractivity contribution in [2.75, 3.05) is 17.6 Å². The smallest absolute Gasteiger partial charge is 0.262 e. The molecule has 0 saturated heterocycles. The molecular formula is C15H18N2O3S. The SMILES string of the molecule is COc1cccc(NS(=O)(=O)c2c(C)ccc(N)c2C)c1. The molecule has 0 bridgehead atoms. The van der Waals surface area contributed by atoms with Crippen LogP contribution >= 0.6 is 0 Å². The summed E-state index contributed by atoms with van der Waals surface area (Å²) in [5.41, 5.74) is 7.90. The minimum absolute atomic E-state index is 0.213. The van der Waals surface area contributed by atoms with Gasteiger partial charge in [-0.3, -0.25) is 4.72 Å². The Morgan fingerprint density at radius 3 is 2.52 bits per heavy atom. The van der Waals surface area contributed by atoms with Crippen molar-refractivity contribution in [3.63, 3.8) is 0 Å². The third kappa shape index (κ3) is 3.11. The minimum Gasteiger partial charge on any atom is -0.497 e. The van der Waals surface area contributed by atoms with Crippen molar-refractivity contribution in [1.82, 2.24) is 0 Å². The number of nitrogens with one attached hydrogen (secondary N) is 1. The number of rotatable bonds is 4. The zero-order valence-electron chi connectivity index (χ0n) is 12.2. The Morgan fingerprint density at radius 1 is 1.14 bits per heavy atom. The summed E-state index contributed by atoms with van der Waals surface area (Å²) in [6.07, 6.45) is 0. The number of nitrogen functional groups attached to an aromatic ring is 1. The topological polar surface area (TPSA) is 81.4 Å². The first kappa shape index (κ1) is 15.2. The van der Waals surface area contributed by atoms with E-state index in [2.05, 4.69) is 4.72 Å². The van der Waals surface area contributed by atoms with Gasteiger partial charge in [-0.25, -0.2) is 8.42 Å². The third-order valence-corrected chi connectivity index (χ3v) is 4.91. The molecule has 0 amide bonds. The second-order valence-electron chi connectivity index (χ2n) is 4.76. The lowest BCUT2D eigenvalue weighted by atomic mass is 10.1. The van der Waals surface area contributed by atoms with E-state index in [0.29, 0.717) is 28.3 Å². The molecule has 0 aromatic heterocycles. The third-order valence-electron chi connectivity index (χ3n) is 3.24. The summed E-state index contributed by atoms with van der Waals surface area (Å²) in [4.78, 5) is 0.213. The Morgan fingerprint density at radius 2 is 1.86 bits per heavy atom. The summed E-state index contributed by atoms with van der Waals surface area (Å²) in [5.74, 6) is 0.580. The van der Waals surface area contributed by atoms with Crippen molar-refractivity contribution in [1.29, 1.82) is 0 Å². The highest BCUT2D eigenvalue weighted by atomic mass is 32.2. The number of hydrogen-bond donors (Lipinski definition) is 2. The summed E-state index contributed by atoms with van der Waals surface area (Å²) in [6, 6.07) is 10.1. The van der Waals surface area contributed by atoms with E-state index in [-0.39, 0.29) is 4.90 Å². The van der Waals surface area contributed by atoms with Crippen LogP contribution < -0.4 is 15.2 Å². The van der Waals surface area contributed by atoms with Gasteiger partial charge >= 0.3 is 0 Å². The van der Waals surface area contributed by atoms with Gasteiger partial charge in [0.15, 0.2) is 0 Å². The monoisotopic (exact) mass is 306 g/mol. The fourth-order valence-electron chi connectivity index (χ4n) is 2.15. The molecule has 2 rings (SSSR count). The summed E-state index contributed by atoms with van der Waals surface area (Å²) < 4.78 is 32.8. The molecule has 0 aliphatic rings. The number of sulfonamides is 1. The number of hydrogen-bond acceptors (Lipinski definition) is 4. The van der Waals surface area contributed by atoms with Crippen LogP contribution in [0.4, 0.5) is 11.4 Å². The molecule has 21 heavy (non-hydrogen) atoms. The van der Waals surface area contributed by atoms with Gasteiger partial charge in [-0.2, -0.15) is 0 Å². The molecule has 0 aliphatic carbocycles. The Hall–Kier alpha value is -2.21. The average molecular weight is 306 g/mol. The molecule has 2 aromatic rings. The fraction of sp³-hybridized carbons (Fsp3) is 0.200. The Balaban J connectivity index is 2.46. The van der Waals surface area contributed by atoms with Crippen LogP contribution in [0.2, 0.25) is 0 Å². The molecule has 0 spiro atoms. The van der Waals surface area contributed by atoms with Crippen LogP contribution in [-0.2, 0) is 10.0 Å². The molecular weight excluding hydrogens is 288 g/mol. The minimum atomic E-state index is -3.71. The van der Waals surface area contributed by atoms with Gasteiger partial charge < -0.3 is 10.5 Å². The molecule has 6 heteroatoms. The van der Waals surface area contributed by atoms with Crippen molar-refractivity contribution in [3.8, 4) is 5.75 Å². The van der Waals surface area contributed by atoms with Gasteiger partial charge in [0.25, 0.3) is 10.0 Å². The van der Waals surface area contributed by atoms with E-state index in [1.807, 2.05) is 0 Å². The predicted molar refractivity (Wildman–Crippen MR) is 84.1 cm³/mol. The maximum absolute atomic E-state index is 12.6. The first-order chi connectivity index (χ1) is 9.85. The van der Waals surface area contributed by atoms with E-state index >= 15 is 0 Å². The lowest BCUT2D eigenvalue weighted by molar-refractivity contribution is 0.415. The van der Waals surface area contributed by atoms with Crippen molar-refractivity contribution >= 4 is 21.4 Å². The molecule has 0 saturated carbocycles. The van der Waals surface area contributed by atoms with Crippen LogP contribution in [0, 0.1) is 13.8 Å². The first-order valence-electron chi connectivity index (χ1n) is 6.37. The highest BCUT2D eigenvalue weighted by Crippen LogP contribution is 2.27. The van der Waals surface area contributed by atoms with Gasteiger partial charge in [0.2, 0.25) is 0 Å². The number of benzene rings is 2. The molecule has 0 atom stereocenters. The quantitative estimate of drug-likeness (QED) is 0.851. The molecule has 2 aromatic carbocycles. The van der Waals surface area contributed by atoms with Gasteiger partial charge in [0.05, 0.1) is 17.7 Å². The molecule has 0 fully saturated rings. The maximum Gasteiger partial charge on any atom is 0.262 e. The number of ether oxygens (including phenoxy) is 1. The second-order valence-corrected chi connectivity index (χ2v) is 6.38. The van der Waals surface area contributed by atoms with Crippen molar-refractivity contribution < 1.29 is 13.2 Å². The molecule has 0 aliphatic heterocycles. The number of nitrogens with two attached hydrogens (primary N) is 1. The molecule has 0 radical (unpaired) electrons. The van der Waals surface area contributed by atoms with Gasteiger partial charge in [-0.15, -0.1) is 0 Å². The number of aryl methyl sites for hydroxylation is 1. The van der Waals surface area contributed by atoms with Crippen LogP contribution in [0.25, 0.3) is 0 Å². The Bertz CT molecular complexity index is 770. The highest BCUT2D eigenvalue weighted by Gasteiger charge is 2.21. The Labute approximate surface area is 124 Å². The van der Waals surface area contributed by atoms with E-state index < -0.39 is 10.0 Å². The largest absolute Gasteiger partial charge is 0.497 e.